The predicted octanol–water partition coefficient (Wildman–Crippen LogP) is 6.09. The molecule has 0 unspecified atom stereocenters. The van der Waals surface area contributed by atoms with Crippen molar-refractivity contribution in [2.24, 2.45) is 0 Å². The molecule has 1 aromatic heterocycles. The highest BCUT2D eigenvalue weighted by atomic mass is 32.1. The lowest BCUT2D eigenvalue weighted by molar-refractivity contribution is 0.0976. The molecule has 0 spiro atoms. The van der Waals surface area contributed by atoms with Crippen molar-refractivity contribution in [3.8, 4) is 28.4 Å². The van der Waals surface area contributed by atoms with Gasteiger partial charge in [-0.2, -0.15) is 0 Å². The third kappa shape index (κ3) is 6.38. The van der Waals surface area contributed by atoms with Crippen molar-refractivity contribution in [3.05, 3.63) is 82.2 Å². The summed E-state index contributed by atoms with van der Waals surface area (Å²) in [7, 11) is 0. The molecule has 4 rings (SSSR count). The molecule has 0 aliphatic rings. The van der Waals surface area contributed by atoms with Crippen LogP contribution in [0.1, 0.15) is 36.7 Å². The molecule has 0 radical (unpaired) electrons. The number of nitrogens with one attached hydrogen (secondary N) is 2. The number of amides is 1. The van der Waals surface area contributed by atoms with Crippen LogP contribution < -0.4 is 30.5 Å². The van der Waals surface area contributed by atoms with Gasteiger partial charge >= 0.3 is 5.63 Å². The second kappa shape index (κ2) is 12.4. The third-order valence-electron chi connectivity index (χ3n) is 5.84. The van der Waals surface area contributed by atoms with Gasteiger partial charge in [-0.05, 0) is 81.4 Å². The Balaban J connectivity index is 1.57. The average Bonchev–Trinajstić information content (AvgIpc) is 2.91. The second-order valence-electron chi connectivity index (χ2n) is 8.52. The normalized spacial score (nSPS) is 10.7. The minimum Gasteiger partial charge on any atom is -0.490 e. The maximum absolute atomic E-state index is 13.1. The Morgan fingerprint density at radius 1 is 0.897 bits per heavy atom. The maximum atomic E-state index is 13.1. The zero-order chi connectivity index (χ0) is 27.9. The Morgan fingerprint density at radius 3 is 2.23 bits per heavy atom. The molecule has 0 saturated heterocycles. The number of para-hydroxylation sites is 1. The SMILES string of the molecule is CCOc1cc(C(=O)NC(=S)Nc2cc(-c3cc4ccccc4oc3=O)ccc2C)cc(OCC)c1OCC. The summed E-state index contributed by atoms with van der Waals surface area (Å²) in [6, 6.07) is 17.8. The van der Waals surface area contributed by atoms with E-state index in [2.05, 4.69) is 10.6 Å². The van der Waals surface area contributed by atoms with Crippen LogP contribution in [-0.4, -0.2) is 30.8 Å². The van der Waals surface area contributed by atoms with Crippen LogP contribution >= 0.6 is 12.2 Å². The number of benzene rings is 3. The van der Waals surface area contributed by atoms with Gasteiger partial charge in [0.15, 0.2) is 16.6 Å². The van der Waals surface area contributed by atoms with Crippen molar-refractivity contribution < 1.29 is 23.4 Å². The summed E-state index contributed by atoms with van der Waals surface area (Å²) in [4.78, 5) is 25.8. The summed E-state index contributed by atoms with van der Waals surface area (Å²) in [5.74, 6) is 0.824. The minimum absolute atomic E-state index is 0.0931. The van der Waals surface area contributed by atoms with E-state index in [1.54, 1.807) is 30.3 Å². The van der Waals surface area contributed by atoms with Gasteiger partial charge in [0.05, 0.1) is 25.4 Å². The van der Waals surface area contributed by atoms with Crippen molar-refractivity contribution >= 4 is 39.9 Å². The molecule has 0 fully saturated rings. The Labute approximate surface area is 231 Å². The van der Waals surface area contributed by atoms with Crippen LogP contribution in [0.15, 0.2) is 69.9 Å². The number of ether oxygens (including phenoxy) is 3. The minimum atomic E-state index is -0.443. The zero-order valence-electron chi connectivity index (χ0n) is 22.3. The van der Waals surface area contributed by atoms with Crippen LogP contribution in [0.4, 0.5) is 5.69 Å². The largest absolute Gasteiger partial charge is 0.490 e. The van der Waals surface area contributed by atoms with Crippen LogP contribution in [0.2, 0.25) is 0 Å². The second-order valence-corrected chi connectivity index (χ2v) is 8.93. The number of thiocarbonyl (C=S) groups is 1. The number of carbonyl (C=O) groups is 1. The maximum Gasteiger partial charge on any atom is 0.344 e. The van der Waals surface area contributed by atoms with Gasteiger partial charge in [-0.15, -0.1) is 0 Å². The van der Waals surface area contributed by atoms with E-state index in [1.807, 2.05) is 58.0 Å². The number of rotatable bonds is 9. The molecule has 1 amide bonds. The van der Waals surface area contributed by atoms with E-state index in [0.29, 0.717) is 65.0 Å². The standard InChI is InChI=1S/C30H30N2O6S/c1-5-35-25-16-21(17-26(36-6-2)27(25)37-7-3)28(33)32-30(39)31-23-15-19(13-12-18(23)4)22-14-20-10-8-9-11-24(20)38-29(22)34/h8-17H,5-7H2,1-4H3,(H2,31,32,33,39). The van der Waals surface area contributed by atoms with Gasteiger partial charge in [0.25, 0.3) is 5.91 Å². The number of hydrogen-bond donors (Lipinski definition) is 2. The zero-order valence-corrected chi connectivity index (χ0v) is 23.1. The Bertz CT molecular complexity index is 1550. The molecule has 0 atom stereocenters. The van der Waals surface area contributed by atoms with Crippen molar-refractivity contribution in [1.29, 1.82) is 0 Å². The lowest BCUT2D eigenvalue weighted by atomic mass is 10.0. The molecule has 3 aromatic carbocycles. The summed E-state index contributed by atoms with van der Waals surface area (Å²) in [6.07, 6.45) is 0. The average molecular weight is 547 g/mol. The van der Waals surface area contributed by atoms with Crippen LogP contribution in [0.3, 0.4) is 0 Å². The van der Waals surface area contributed by atoms with Crippen LogP contribution in [0.5, 0.6) is 17.2 Å². The van der Waals surface area contributed by atoms with Crippen LogP contribution in [0, 0.1) is 6.92 Å². The fourth-order valence-electron chi connectivity index (χ4n) is 4.04. The topological polar surface area (TPSA) is 99.0 Å². The van der Waals surface area contributed by atoms with Crippen molar-refractivity contribution in [2.45, 2.75) is 27.7 Å². The van der Waals surface area contributed by atoms with Crippen molar-refractivity contribution in [1.82, 2.24) is 5.32 Å². The number of hydrogen-bond acceptors (Lipinski definition) is 7. The molecule has 0 saturated carbocycles. The van der Waals surface area contributed by atoms with Crippen molar-refractivity contribution in [3.63, 3.8) is 0 Å². The van der Waals surface area contributed by atoms with Crippen molar-refractivity contribution in [2.75, 3.05) is 25.1 Å². The van der Waals surface area contributed by atoms with Gasteiger partial charge in [0.2, 0.25) is 5.75 Å². The lowest BCUT2D eigenvalue weighted by Gasteiger charge is -2.17. The van der Waals surface area contributed by atoms with Gasteiger partial charge in [-0.25, -0.2) is 4.79 Å². The molecule has 1 heterocycles. The molecular weight excluding hydrogens is 516 g/mol. The third-order valence-corrected chi connectivity index (χ3v) is 6.04. The van der Waals surface area contributed by atoms with E-state index in [9.17, 15) is 9.59 Å². The van der Waals surface area contributed by atoms with Gasteiger partial charge in [-0.3, -0.25) is 10.1 Å². The number of fused-ring (bicyclic) bond motifs is 1. The molecule has 2 N–H and O–H groups in total. The molecule has 0 aliphatic carbocycles. The molecule has 4 aromatic rings. The quantitative estimate of drug-likeness (QED) is 0.192. The number of carbonyl (C=O) groups excluding carboxylic acids is 1. The number of aryl methyl sites for hydroxylation is 1. The van der Waals surface area contributed by atoms with E-state index in [1.165, 1.54) is 0 Å². The first-order valence-electron chi connectivity index (χ1n) is 12.7. The molecule has 8 nitrogen and oxygen atoms in total. The van der Waals surface area contributed by atoms with E-state index in [0.717, 1.165) is 10.9 Å². The fourth-order valence-corrected chi connectivity index (χ4v) is 4.24. The molecule has 9 heteroatoms. The van der Waals surface area contributed by atoms with Gasteiger partial charge in [-0.1, -0.05) is 30.3 Å². The Hall–Kier alpha value is -4.37. The van der Waals surface area contributed by atoms with E-state index in [-0.39, 0.29) is 5.11 Å². The first kappa shape index (κ1) is 27.7. The summed E-state index contributed by atoms with van der Waals surface area (Å²) in [5, 5.41) is 6.69. The highest BCUT2D eigenvalue weighted by Crippen LogP contribution is 2.39. The van der Waals surface area contributed by atoms with E-state index < -0.39 is 11.5 Å². The van der Waals surface area contributed by atoms with Crippen LogP contribution in [-0.2, 0) is 0 Å². The van der Waals surface area contributed by atoms with Gasteiger partial charge in [0, 0.05) is 16.6 Å². The predicted molar refractivity (Wildman–Crippen MR) is 156 cm³/mol. The summed E-state index contributed by atoms with van der Waals surface area (Å²) in [5.41, 5.74) is 2.98. The molecule has 0 aliphatic heterocycles. The van der Waals surface area contributed by atoms with Gasteiger partial charge in [0.1, 0.15) is 5.58 Å². The Morgan fingerprint density at radius 2 is 1.56 bits per heavy atom. The smallest absolute Gasteiger partial charge is 0.344 e. The van der Waals surface area contributed by atoms with E-state index in [4.69, 9.17) is 30.8 Å². The lowest BCUT2D eigenvalue weighted by Crippen LogP contribution is -2.34. The highest BCUT2D eigenvalue weighted by Gasteiger charge is 2.19. The first-order chi connectivity index (χ1) is 18.8. The fraction of sp³-hybridized carbons (Fsp3) is 0.233. The Kier molecular flexibility index (Phi) is 8.83. The highest BCUT2D eigenvalue weighted by molar-refractivity contribution is 7.80. The molecule has 0 bridgehead atoms. The molecule has 202 valence electrons. The summed E-state index contributed by atoms with van der Waals surface area (Å²) >= 11 is 5.45. The van der Waals surface area contributed by atoms with Gasteiger partial charge < -0.3 is 23.9 Å². The molecule has 39 heavy (non-hydrogen) atoms. The van der Waals surface area contributed by atoms with E-state index >= 15 is 0 Å². The van der Waals surface area contributed by atoms with Crippen LogP contribution in [0.25, 0.3) is 22.1 Å². The summed E-state index contributed by atoms with van der Waals surface area (Å²) in [6.45, 7) is 8.65. The first-order valence-corrected chi connectivity index (χ1v) is 13.1. The molecular formula is C30H30N2O6S. The number of anilines is 1. The summed E-state index contributed by atoms with van der Waals surface area (Å²) < 4.78 is 22.6. The monoisotopic (exact) mass is 546 g/mol.